The number of ether oxygens (including phenoxy) is 3. The van der Waals surface area contributed by atoms with Crippen LogP contribution < -0.4 is 0 Å². The van der Waals surface area contributed by atoms with Gasteiger partial charge in [-0.1, -0.05) is 6.08 Å². The van der Waals surface area contributed by atoms with Gasteiger partial charge in [0, 0.05) is 13.0 Å². The fourth-order valence-corrected chi connectivity index (χ4v) is 0.732. The summed E-state index contributed by atoms with van der Waals surface area (Å²) in [7, 11) is 0. The maximum atomic E-state index is 10.8. The third-order valence-electron chi connectivity index (χ3n) is 1.31. The van der Waals surface area contributed by atoms with Crippen molar-refractivity contribution in [3.8, 4) is 0 Å². The zero-order valence-corrected chi connectivity index (χ0v) is 9.02. The minimum Gasteiger partial charge on any atom is -0.463 e. The minimum atomic E-state index is -0.388. The monoisotopic (exact) mass is 216 g/mol. The Morgan fingerprint density at radius 3 is 2.20 bits per heavy atom. The molecule has 0 aromatic rings. The number of carbonyl (C=O) groups excluding carboxylic acids is 2. The van der Waals surface area contributed by atoms with Crippen molar-refractivity contribution in [3.63, 3.8) is 0 Å². The van der Waals surface area contributed by atoms with Crippen LogP contribution in [0, 0.1) is 0 Å². The molecule has 0 aliphatic heterocycles. The second-order valence-electron chi connectivity index (χ2n) is 2.62. The highest BCUT2D eigenvalue weighted by atomic mass is 16.6. The van der Waals surface area contributed by atoms with Crippen molar-refractivity contribution in [2.45, 2.75) is 13.8 Å². The molecule has 0 unspecified atom stereocenters. The molecule has 0 bridgehead atoms. The number of hydrogen-bond acceptors (Lipinski definition) is 5. The van der Waals surface area contributed by atoms with Gasteiger partial charge in [-0.05, 0) is 6.92 Å². The molecule has 0 radical (unpaired) electrons. The van der Waals surface area contributed by atoms with Crippen molar-refractivity contribution in [3.05, 3.63) is 12.2 Å². The molecule has 0 rings (SSSR count). The molecular weight excluding hydrogens is 200 g/mol. The van der Waals surface area contributed by atoms with Crippen LogP contribution in [0.2, 0.25) is 0 Å². The van der Waals surface area contributed by atoms with Gasteiger partial charge < -0.3 is 14.2 Å². The molecular formula is C10H16O5. The number of rotatable bonds is 7. The number of allylic oxidation sites excluding steroid dienone is 1. The Labute approximate surface area is 89.0 Å². The summed E-state index contributed by atoms with van der Waals surface area (Å²) in [5.41, 5.74) is 0. The fraction of sp³-hybridized carbons (Fsp3) is 0.600. The van der Waals surface area contributed by atoms with Crippen LogP contribution in [-0.2, 0) is 23.8 Å². The van der Waals surface area contributed by atoms with Crippen molar-refractivity contribution < 1.29 is 23.8 Å². The molecule has 0 aliphatic rings. The predicted molar refractivity (Wildman–Crippen MR) is 53.2 cm³/mol. The zero-order valence-electron chi connectivity index (χ0n) is 9.02. The minimum absolute atomic E-state index is 0.198. The molecule has 86 valence electrons. The molecule has 5 nitrogen and oxygen atoms in total. The van der Waals surface area contributed by atoms with Crippen LogP contribution in [0.25, 0.3) is 0 Å². The third-order valence-corrected chi connectivity index (χ3v) is 1.31. The van der Waals surface area contributed by atoms with E-state index in [1.54, 1.807) is 13.0 Å². The Morgan fingerprint density at radius 1 is 1.07 bits per heavy atom. The second-order valence-corrected chi connectivity index (χ2v) is 2.62. The summed E-state index contributed by atoms with van der Waals surface area (Å²) in [6.07, 6.45) is 2.93. The zero-order chi connectivity index (χ0) is 11.5. The molecule has 0 amide bonds. The summed E-state index contributed by atoms with van der Waals surface area (Å²) in [6.45, 7) is 4.09. The van der Waals surface area contributed by atoms with E-state index in [0.29, 0.717) is 13.2 Å². The second kappa shape index (κ2) is 9.21. The Morgan fingerprint density at radius 2 is 1.67 bits per heavy atom. The number of hydrogen-bond donors (Lipinski definition) is 0. The Bertz CT molecular complexity index is 222. The molecule has 0 N–H and O–H groups in total. The van der Waals surface area contributed by atoms with Gasteiger partial charge in [-0.15, -0.1) is 0 Å². The Balaban J connectivity index is 3.18. The summed E-state index contributed by atoms with van der Waals surface area (Å²) in [4.78, 5) is 21.1. The lowest BCUT2D eigenvalue weighted by Gasteiger charge is -2.04. The van der Waals surface area contributed by atoms with E-state index in [2.05, 4.69) is 4.74 Å². The van der Waals surface area contributed by atoms with E-state index in [0.717, 1.165) is 0 Å². The van der Waals surface area contributed by atoms with Gasteiger partial charge in [0.05, 0.1) is 13.2 Å². The number of carbonyl (C=O) groups is 2. The normalized spacial score (nSPS) is 10.3. The van der Waals surface area contributed by atoms with E-state index in [1.165, 1.54) is 13.0 Å². The average molecular weight is 216 g/mol. The highest BCUT2D eigenvalue weighted by molar-refractivity contribution is 5.81. The Hall–Kier alpha value is -1.36. The molecule has 0 spiro atoms. The smallest absolute Gasteiger partial charge is 0.330 e. The molecule has 0 aromatic heterocycles. The van der Waals surface area contributed by atoms with Crippen molar-refractivity contribution in [1.82, 2.24) is 0 Å². The largest absolute Gasteiger partial charge is 0.463 e. The summed E-state index contributed by atoms with van der Waals surface area (Å²) >= 11 is 0. The first-order valence-electron chi connectivity index (χ1n) is 4.67. The summed E-state index contributed by atoms with van der Waals surface area (Å²) in [5, 5.41) is 0. The van der Waals surface area contributed by atoms with E-state index < -0.39 is 0 Å². The van der Waals surface area contributed by atoms with Gasteiger partial charge in [0.25, 0.3) is 0 Å². The van der Waals surface area contributed by atoms with Crippen molar-refractivity contribution in [1.29, 1.82) is 0 Å². The summed E-state index contributed by atoms with van der Waals surface area (Å²) in [5.74, 6) is -0.723. The van der Waals surface area contributed by atoms with Crippen LogP contribution in [0.15, 0.2) is 12.2 Å². The van der Waals surface area contributed by atoms with Crippen molar-refractivity contribution >= 4 is 11.9 Å². The van der Waals surface area contributed by atoms with Crippen LogP contribution in [0.5, 0.6) is 0 Å². The molecule has 15 heavy (non-hydrogen) atoms. The van der Waals surface area contributed by atoms with E-state index in [-0.39, 0.29) is 25.2 Å². The standard InChI is InChI=1S/C10H16O5/c1-3-4-10(12)15-8-6-13-5-7-14-9(2)11/h3-4H,5-8H2,1-2H3/b4-3+. The van der Waals surface area contributed by atoms with Crippen molar-refractivity contribution in [2.75, 3.05) is 26.4 Å². The quantitative estimate of drug-likeness (QED) is 0.356. The molecule has 5 heteroatoms. The van der Waals surface area contributed by atoms with Crippen LogP contribution in [0.4, 0.5) is 0 Å². The highest BCUT2D eigenvalue weighted by Crippen LogP contribution is 1.84. The van der Waals surface area contributed by atoms with Gasteiger partial charge in [0.2, 0.25) is 0 Å². The van der Waals surface area contributed by atoms with Gasteiger partial charge in [-0.25, -0.2) is 4.79 Å². The first-order chi connectivity index (χ1) is 7.16. The third kappa shape index (κ3) is 10.6. The molecule has 0 saturated carbocycles. The number of esters is 2. The molecule has 0 atom stereocenters. The molecule has 0 aliphatic carbocycles. The van der Waals surface area contributed by atoms with E-state index in [9.17, 15) is 9.59 Å². The molecule has 0 aromatic carbocycles. The highest BCUT2D eigenvalue weighted by Gasteiger charge is 1.96. The predicted octanol–water partition coefficient (Wildman–Crippen LogP) is 0.685. The first kappa shape index (κ1) is 13.6. The van der Waals surface area contributed by atoms with Gasteiger partial charge in [0.1, 0.15) is 13.2 Å². The molecule has 0 heterocycles. The van der Waals surface area contributed by atoms with Crippen LogP contribution >= 0.6 is 0 Å². The lowest BCUT2D eigenvalue weighted by atomic mass is 10.5. The van der Waals surface area contributed by atoms with E-state index >= 15 is 0 Å². The van der Waals surface area contributed by atoms with Gasteiger partial charge >= 0.3 is 11.9 Å². The van der Waals surface area contributed by atoms with Gasteiger partial charge in [-0.2, -0.15) is 0 Å². The summed E-state index contributed by atoms with van der Waals surface area (Å²) < 4.78 is 14.4. The SMILES string of the molecule is C/C=C/C(=O)OCCOCCOC(C)=O. The van der Waals surface area contributed by atoms with E-state index in [1.807, 2.05) is 0 Å². The van der Waals surface area contributed by atoms with Gasteiger partial charge in [0.15, 0.2) is 0 Å². The Kier molecular flexibility index (Phi) is 8.37. The van der Waals surface area contributed by atoms with Crippen molar-refractivity contribution in [2.24, 2.45) is 0 Å². The van der Waals surface area contributed by atoms with Crippen LogP contribution in [-0.4, -0.2) is 38.4 Å². The van der Waals surface area contributed by atoms with Gasteiger partial charge in [-0.3, -0.25) is 4.79 Å². The fourth-order valence-electron chi connectivity index (χ4n) is 0.732. The lowest BCUT2D eigenvalue weighted by Crippen LogP contribution is -2.12. The van der Waals surface area contributed by atoms with E-state index in [4.69, 9.17) is 9.47 Å². The lowest BCUT2D eigenvalue weighted by molar-refractivity contribution is -0.143. The average Bonchev–Trinajstić information content (AvgIpc) is 2.16. The maximum Gasteiger partial charge on any atom is 0.330 e. The van der Waals surface area contributed by atoms with Crippen LogP contribution in [0.3, 0.4) is 0 Å². The maximum absolute atomic E-state index is 10.8. The summed E-state index contributed by atoms with van der Waals surface area (Å²) in [6, 6.07) is 0. The molecule has 0 saturated heterocycles. The first-order valence-corrected chi connectivity index (χ1v) is 4.67. The van der Waals surface area contributed by atoms with Crippen LogP contribution in [0.1, 0.15) is 13.8 Å². The molecule has 0 fully saturated rings. The topological polar surface area (TPSA) is 61.8 Å².